The molecule has 204 valence electrons. The number of halogens is 2. The fourth-order valence-corrected chi connectivity index (χ4v) is 5.39. The molecule has 1 heterocycles. The molecule has 0 saturated heterocycles. The number of rotatable bonds is 7. The van der Waals surface area contributed by atoms with E-state index in [0.717, 1.165) is 24.5 Å². The molecule has 1 aliphatic heterocycles. The summed E-state index contributed by atoms with van der Waals surface area (Å²) in [5, 5.41) is 1.03. The summed E-state index contributed by atoms with van der Waals surface area (Å²) >= 11 is 18.6. The lowest BCUT2D eigenvalue weighted by molar-refractivity contribution is -0.119. The van der Waals surface area contributed by atoms with Crippen LogP contribution in [0.2, 0.25) is 10.0 Å². The molecule has 1 amide bonds. The Morgan fingerprint density at radius 3 is 2.31 bits per heavy atom. The zero-order valence-corrected chi connectivity index (χ0v) is 25.0. The van der Waals surface area contributed by atoms with Crippen molar-refractivity contribution in [2.75, 3.05) is 53.8 Å². The number of carbonyl (C=O) groups excluding carboxylic acids is 1. The third-order valence-electron chi connectivity index (χ3n) is 6.82. The van der Waals surface area contributed by atoms with E-state index in [1.165, 1.54) is 0 Å². The summed E-state index contributed by atoms with van der Waals surface area (Å²) in [5.41, 5.74) is 11.5. The van der Waals surface area contributed by atoms with Crippen LogP contribution in [-0.4, -0.2) is 57.1 Å². The standard InChI is InChI=1S/C29H32Cl2N6OS/c1-6-36(7-2)19-13-15-24(25(17-19)34(3)4)37(29(32)39)27-28(38)35(5)23-14-12-18(30)16-21(23)26(33-27)20-10-8-9-11-22(20)31/h8-17,27H,6-7H2,1-5H3,(H2,32,39). The number of hydrogen-bond donors (Lipinski definition) is 1. The smallest absolute Gasteiger partial charge is 0.272 e. The van der Waals surface area contributed by atoms with Crippen molar-refractivity contribution < 1.29 is 4.79 Å². The Morgan fingerprint density at radius 1 is 1.00 bits per heavy atom. The number of anilines is 4. The Hall–Kier alpha value is -3.33. The zero-order chi connectivity index (χ0) is 28.4. The van der Waals surface area contributed by atoms with Crippen LogP contribution >= 0.6 is 35.4 Å². The average molecular weight is 584 g/mol. The lowest BCUT2D eigenvalue weighted by Gasteiger charge is -2.34. The molecule has 1 unspecified atom stereocenters. The Morgan fingerprint density at radius 2 is 1.69 bits per heavy atom. The van der Waals surface area contributed by atoms with Gasteiger partial charge < -0.3 is 20.4 Å². The molecule has 7 nitrogen and oxygen atoms in total. The van der Waals surface area contributed by atoms with Crippen LogP contribution in [0.15, 0.2) is 65.7 Å². The molecule has 10 heteroatoms. The van der Waals surface area contributed by atoms with Crippen molar-refractivity contribution in [1.82, 2.24) is 0 Å². The molecule has 1 aliphatic rings. The summed E-state index contributed by atoms with van der Waals surface area (Å²) in [6.45, 7) is 5.95. The largest absolute Gasteiger partial charge is 0.376 e. The molecule has 2 N–H and O–H groups in total. The number of fused-ring (bicyclic) bond motifs is 1. The summed E-state index contributed by atoms with van der Waals surface area (Å²) < 4.78 is 0. The number of nitrogens with two attached hydrogens (primary N) is 1. The highest BCUT2D eigenvalue weighted by Gasteiger charge is 2.37. The van der Waals surface area contributed by atoms with Crippen molar-refractivity contribution in [2.45, 2.75) is 20.0 Å². The van der Waals surface area contributed by atoms with Gasteiger partial charge in [0.1, 0.15) is 0 Å². The van der Waals surface area contributed by atoms with Crippen LogP contribution in [-0.2, 0) is 4.79 Å². The maximum atomic E-state index is 14.1. The minimum Gasteiger partial charge on any atom is -0.376 e. The number of benzodiazepines with no additional fused rings is 1. The molecule has 4 rings (SSSR count). The minimum absolute atomic E-state index is 0.0201. The van der Waals surface area contributed by atoms with Crippen LogP contribution in [0.1, 0.15) is 25.0 Å². The van der Waals surface area contributed by atoms with Crippen molar-refractivity contribution >= 4 is 74.9 Å². The Bertz CT molecular complexity index is 1440. The summed E-state index contributed by atoms with van der Waals surface area (Å²) in [6.07, 6.45) is -1.09. The summed E-state index contributed by atoms with van der Waals surface area (Å²) in [6, 6.07) is 18.7. The molecular weight excluding hydrogens is 551 g/mol. The Labute approximate surface area is 245 Å². The molecule has 39 heavy (non-hydrogen) atoms. The maximum Gasteiger partial charge on any atom is 0.272 e. The van der Waals surface area contributed by atoms with E-state index in [1.54, 1.807) is 41.1 Å². The van der Waals surface area contributed by atoms with Gasteiger partial charge in [-0.05, 0) is 68.5 Å². The van der Waals surface area contributed by atoms with E-state index in [-0.39, 0.29) is 11.0 Å². The van der Waals surface area contributed by atoms with Gasteiger partial charge in [0, 0.05) is 61.1 Å². The van der Waals surface area contributed by atoms with E-state index in [4.69, 9.17) is 46.1 Å². The molecule has 0 saturated carbocycles. The van der Waals surface area contributed by atoms with Gasteiger partial charge in [-0.3, -0.25) is 9.69 Å². The van der Waals surface area contributed by atoms with Crippen LogP contribution < -0.4 is 25.3 Å². The molecule has 3 aromatic carbocycles. The maximum absolute atomic E-state index is 14.1. The van der Waals surface area contributed by atoms with E-state index >= 15 is 0 Å². The Kier molecular flexibility index (Phi) is 8.69. The predicted molar refractivity (Wildman–Crippen MR) is 169 cm³/mol. The first-order valence-electron chi connectivity index (χ1n) is 12.6. The van der Waals surface area contributed by atoms with E-state index < -0.39 is 6.17 Å². The van der Waals surface area contributed by atoms with Gasteiger partial charge in [0.05, 0.1) is 22.8 Å². The lowest BCUT2D eigenvalue weighted by atomic mass is 10.00. The van der Waals surface area contributed by atoms with Crippen molar-refractivity contribution in [3.8, 4) is 0 Å². The van der Waals surface area contributed by atoms with Gasteiger partial charge in [0.15, 0.2) is 5.11 Å². The fraction of sp³-hybridized carbons (Fsp3) is 0.276. The van der Waals surface area contributed by atoms with Crippen LogP contribution in [0.4, 0.5) is 22.7 Å². The van der Waals surface area contributed by atoms with E-state index in [2.05, 4.69) is 24.8 Å². The average Bonchev–Trinajstić information content (AvgIpc) is 3.00. The van der Waals surface area contributed by atoms with Crippen LogP contribution in [0, 0.1) is 0 Å². The molecule has 3 aromatic rings. The number of carbonyl (C=O) groups is 1. The second kappa shape index (κ2) is 11.8. The van der Waals surface area contributed by atoms with Gasteiger partial charge >= 0.3 is 0 Å². The number of benzene rings is 3. The van der Waals surface area contributed by atoms with Gasteiger partial charge in [-0.15, -0.1) is 0 Å². The Balaban J connectivity index is 1.98. The van der Waals surface area contributed by atoms with Gasteiger partial charge in [0.25, 0.3) is 5.91 Å². The first-order chi connectivity index (χ1) is 18.6. The topological polar surface area (TPSA) is 68.4 Å². The normalized spacial score (nSPS) is 14.8. The van der Waals surface area contributed by atoms with Gasteiger partial charge in [-0.2, -0.15) is 0 Å². The highest BCUT2D eigenvalue weighted by atomic mass is 35.5. The third kappa shape index (κ3) is 5.55. The van der Waals surface area contributed by atoms with Gasteiger partial charge in [-0.1, -0.05) is 41.4 Å². The number of likely N-dealkylation sites (N-methyl/N-ethyl adjacent to an activating group) is 1. The minimum atomic E-state index is -1.09. The van der Waals surface area contributed by atoms with Crippen LogP contribution in [0.5, 0.6) is 0 Å². The number of nitrogens with zero attached hydrogens (tertiary/aromatic N) is 5. The van der Waals surface area contributed by atoms with Crippen LogP contribution in [0.25, 0.3) is 0 Å². The number of aliphatic imine (C=N–C) groups is 1. The molecule has 0 bridgehead atoms. The SMILES string of the molecule is CCN(CC)c1ccc(N(C(N)=S)C2N=C(c3ccccc3Cl)c3cc(Cl)ccc3N(C)C2=O)c(N(C)C)c1. The number of amides is 1. The predicted octanol–water partition coefficient (Wildman–Crippen LogP) is 5.80. The van der Waals surface area contributed by atoms with Crippen molar-refractivity contribution in [2.24, 2.45) is 10.7 Å². The monoisotopic (exact) mass is 582 g/mol. The summed E-state index contributed by atoms with van der Waals surface area (Å²) in [5.74, 6) is -0.300. The quantitative estimate of drug-likeness (QED) is 0.355. The van der Waals surface area contributed by atoms with Crippen molar-refractivity contribution in [3.63, 3.8) is 0 Å². The van der Waals surface area contributed by atoms with Crippen LogP contribution in [0.3, 0.4) is 0 Å². The first-order valence-corrected chi connectivity index (χ1v) is 13.8. The second-order valence-electron chi connectivity index (χ2n) is 9.34. The molecule has 0 aromatic heterocycles. The first kappa shape index (κ1) is 28.7. The van der Waals surface area contributed by atoms with Gasteiger partial charge in [-0.25, -0.2) is 4.99 Å². The number of thiocarbonyl (C=S) groups is 1. The highest BCUT2D eigenvalue weighted by molar-refractivity contribution is 7.80. The van der Waals surface area contributed by atoms with Crippen molar-refractivity contribution in [3.05, 3.63) is 81.8 Å². The second-order valence-corrected chi connectivity index (χ2v) is 10.6. The fourth-order valence-electron chi connectivity index (χ4n) is 4.80. The summed E-state index contributed by atoms with van der Waals surface area (Å²) in [7, 11) is 5.60. The van der Waals surface area contributed by atoms with Crippen molar-refractivity contribution in [1.29, 1.82) is 0 Å². The molecular formula is C29H32Cl2N6OS. The van der Waals surface area contributed by atoms with E-state index in [0.29, 0.717) is 38.3 Å². The lowest BCUT2D eigenvalue weighted by Crippen LogP contribution is -2.51. The van der Waals surface area contributed by atoms with Gasteiger partial charge in [0.2, 0.25) is 6.17 Å². The molecule has 0 radical (unpaired) electrons. The third-order valence-corrected chi connectivity index (χ3v) is 7.58. The van der Waals surface area contributed by atoms with E-state index in [9.17, 15) is 4.79 Å². The number of hydrogen-bond acceptors (Lipinski definition) is 5. The zero-order valence-electron chi connectivity index (χ0n) is 22.7. The molecule has 1 atom stereocenters. The summed E-state index contributed by atoms with van der Waals surface area (Å²) in [4.78, 5) is 26.5. The van der Waals surface area contributed by atoms with E-state index in [1.807, 2.05) is 49.3 Å². The molecule has 0 fully saturated rings. The highest BCUT2D eigenvalue weighted by Crippen LogP contribution is 2.37. The molecule has 0 aliphatic carbocycles. The molecule has 0 spiro atoms.